The van der Waals surface area contributed by atoms with Crippen LogP contribution in [0.3, 0.4) is 0 Å². The van der Waals surface area contributed by atoms with Gasteiger partial charge in [-0.2, -0.15) is 0 Å². The molecule has 3 rings (SSSR count). The molecule has 2 fully saturated rings. The maximum atomic E-state index is 12.3. The number of fused-ring (bicyclic) bond motifs is 1. The van der Waals surface area contributed by atoms with Gasteiger partial charge in [-0.1, -0.05) is 0 Å². The largest absolute Gasteiger partial charge is 0.356 e. The van der Waals surface area contributed by atoms with E-state index in [2.05, 4.69) is 15.5 Å². The van der Waals surface area contributed by atoms with E-state index in [-0.39, 0.29) is 17.9 Å². The Morgan fingerprint density at radius 2 is 2.10 bits per heavy atom. The standard InChI is InChI=1S/C14H21N5O2/c1-18(14(21)2-3-19-8-16-17-9-19)12-4-10-6-13(20)15-7-11(10)5-12/h8-12H,2-7H2,1H3,(H,15,20)/t10-,11+,12-/m0/s1. The van der Waals surface area contributed by atoms with Crippen molar-refractivity contribution in [3.63, 3.8) is 0 Å². The number of nitrogens with one attached hydrogen (secondary N) is 1. The lowest BCUT2D eigenvalue weighted by molar-refractivity contribution is -0.132. The van der Waals surface area contributed by atoms with E-state index in [1.807, 2.05) is 16.5 Å². The van der Waals surface area contributed by atoms with Crippen molar-refractivity contribution in [2.45, 2.75) is 38.3 Å². The zero-order valence-corrected chi connectivity index (χ0v) is 12.2. The van der Waals surface area contributed by atoms with Gasteiger partial charge in [-0.3, -0.25) is 9.59 Å². The summed E-state index contributed by atoms with van der Waals surface area (Å²) >= 11 is 0. The second kappa shape index (κ2) is 5.83. The second-order valence-electron chi connectivity index (χ2n) is 6.11. The molecule has 7 heteroatoms. The number of aryl methyl sites for hydroxylation is 1. The fraction of sp³-hybridized carbons (Fsp3) is 0.714. The number of carbonyl (C=O) groups excluding carboxylic acids is 2. The molecule has 7 nitrogen and oxygen atoms in total. The molecule has 21 heavy (non-hydrogen) atoms. The third kappa shape index (κ3) is 3.06. The van der Waals surface area contributed by atoms with Gasteiger partial charge in [-0.25, -0.2) is 0 Å². The van der Waals surface area contributed by atoms with Crippen LogP contribution in [0, 0.1) is 11.8 Å². The van der Waals surface area contributed by atoms with Crippen molar-refractivity contribution in [3.8, 4) is 0 Å². The highest BCUT2D eigenvalue weighted by atomic mass is 16.2. The molecule has 1 saturated heterocycles. The Hall–Kier alpha value is -1.92. The van der Waals surface area contributed by atoms with E-state index in [1.54, 1.807) is 12.7 Å². The third-order valence-corrected chi connectivity index (χ3v) is 4.82. The summed E-state index contributed by atoms with van der Waals surface area (Å²) in [5.74, 6) is 1.27. The molecule has 1 N–H and O–H groups in total. The van der Waals surface area contributed by atoms with Gasteiger partial charge in [0.25, 0.3) is 0 Å². The van der Waals surface area contributed by atoms with Crippen LogP contribution in [0.15, 0.2) is 12.7 Å². The SMILES string of the molecule is CN(C(=O)CCn1cnnc1)[C@H]1C[C@H]2CC(=O)NC[C@H]2C1. The molecule has 2 heterocycles. The fourth-order valence-corrected chi connectivity index (χ4v) is 3.49. The Labute approximate surface area is 123 Å². The minimum atomic E-state index is 0.145. The zero-order chi connectivity index (χ0) is 14.8. The Morgan fingerprint density at radius 1 is 1.38 bits per heavy atom. The molecule has 1 aromatic heterocycles. The summed E-state index contributed by atoms with van der Waals surface area (Å²) in [6.45, 7) is 1.37. The summed E-state index contributed by atoms with van der Waals surface area (Å²) in [5, 5.41) is 10.4. The number of aromatic nitrogens is 3. The van der Waals surface area contributed by atoms with E-state index < -0.39 is 0 Å². The topological polar surface area (TPSA) is 80.1 Å². The van der Waals surface area contributed by atoms with Gasteiger partial charge < -0.3 is 14.8 Å². The van der Waals surface area contributed by atoms with Crippen LogP contribution in [0.25, 0.3) is 0 Å². The number of nitrogens with zero attached hydrogens (tertiary/aromatic N) is 4. The smallest absolute Gasteiger partial charge is 0.224 e. The van der Waals surface area contributed by atoms with Crippen molar-refractivity contribution >= 4 is 11.8 Å². The molecular weight excluding hydrogens is 270 g/mol. The van der Waals surface area contributed by atoms with Crippen molar-refractivity contribution in [1.82, 2.24) is 25.0 Å². The Morgan fingerprint density at radius 3 is 2.86 bits per heavy atom. The molecule has 2 aliphatic rings. The first-order valence-electron chi connectivity index (χ1n) is 7.48. The van der Waals surface area contributed by atoms with Crippen molar-refractivity contribution in [1.29, 1.82) is 0 Å². The molecular formula is C14H21N5O2. The predicted octanol–water partition coefficient (Wildman–Crippen LogP) is 0.0413. The summed E-state index contributed by atoms with van der Waals surface area (Å²) in [7, 11) is 1.88. The number of amides is 2. The first kappa shape index (κ1) is 14.0. The molecule has 1 aliphatic carbocycles. The third-order valence-electron chi connectivity index (χ3n) is 4.82. The quantitative estimate of drug-likeness (QED) is 0.849. The Balaban J connectivity index is 1.52. The lowest BCUT2D eigenvalue weighted by Crippen LogP contribution is -2.38. The van der Waals surface area contributed by atoms with Gasteiger partial charge in [0.05, 0.1) is 0 Å². The van der Waals surface area contributed by atoms with Gasteiger partial charge in [-0.15, -0.1) is 10.2 Å². The van der Waals surface area contributed by atoms with E-state index in [4.69, 9.17) is 0 Å². The first-order valence-corrected chi connectivity index (χ1v) is 7.48. The van der Waals surface area contributed by atoms with Crippen molar-refractivity contribution in [2.75, 3.05) is 13.6 Å². The van der Waals surface area contributed by atoms with Crippen molar-refractivity contribution < 1.29 is 9.59 Å². The van der Waals surface area contributed by atoms with Crippen LogP contribution in [0.1, 0.15) is 25.7 Å². The van der Waals surface area contributed by atoms with Crippen LogP contribution < -0.4 is 5.32 Å². The normalized spacial score (nSPS) is 28.0. The van der Waals surface area contributed by atoms with E-state index in [0.29, 0.717) is 31.2 Å². The van der Waals surface area contributed by atoms with E-state index >= 15 is 0 Å². The van der Waals surface area contributed by atoms with Gasteiger partial charge >= 0.3 is 0 Å². The maximum Gasteiger partial charge on any atom is 0.224 e. The highest BCUT2D eigenvalue weighted by Crippen LogP contribution is 2.38. The molecule has 0 unspecified atom stereocenters. The molecule has 0 bridgehead atoms. The molecule has 0 aromatic carbocycles. The number of hydrogen-bond donors (Lipinski definition) is 1. The molecule has 0 spiro atoms. The Bertz CT molecular complexity index is 515. The second-order valence-corrected chi connectivity index (χ2v) is 6.11. The monoisotopic (exact) mass is 291 g/mol. The summed E-state index contributed by atoms with van der Waals surface area (Å²) in [6, 6.07) is 0.265. The van der Waals surface area contributed by atoms with Crippen molar-refractivity contribution in [2.24, 2.45) is 11.8 Å². The summed E-state index contributed by atoms with van der Waals surface area (Å²) in [4.78, 5) is 25.6. The van der Waals surface area contributed by atoms with Gasteiger partial charge in [0.15, 0.2) is 0 Å². The van der Waals surface area contributed by atoms with E-state index in [9.17, 15) is 9.59 Å². The van der Waals surface area contributed by atoms with E-state index in [1.165, 1.54) is 0 Å². The summed E-state index contributed by atoms with van der Waals surface area (Å²) in [6.07, 6.45) is 6.26. The predicted molar refractivity (Wildman–Crippen MR) is 75.0 cm³/mol. The number of piperidine rings is 1. The van der Waals surface area contributed by atoms with Gasteiger partial charge in [0.2, 0.25) is 11.8 Å². The summed E-state index contributed by atoms with van der Waals surface area (Å²) in [5.41, 5.74) is 0. The minimum Gasteiger partial charge on any atom is -0.356 e. The molecule has 0 radical (unpaired) electrons. The van der Waals surface area contributed by atoms with Crippen LogP contribution >= 0.6 is 0 Å². The highest BCUT2D eigenvalue weighted by Gasteiger charge is 2.40. The lowest BCUT2D eigenvalue weighted by atomic mass is 9.89. The maximum absolute atomic E-state index is 12.3. The van der Waals surface area contributed by atoms with Crippen LogP contribution in [-0.4, -0.2) is 51.1 Å². The number of hydrogen-bond acceptors (Lipinski definition) is 4. The molecule has 1 aromatic rings. The average Bonchev–Trinajstić information content (AvgIpc) is 3.12. The molecule has 1 aliphatic heterocycles. The van der Waals surface area contributed by atoms with Crippen LogP contribution in [0.4, 0.5) is 0 Å². The minimum absolute atomic E-state index is 0.145. The number of rotatable bonds is 4. The Kier molecular flexibility index (Phi) is 3.90. The molecule has 2 amide bonds. The number of carbonyl (C=O) groups is 2. The van der Waals surface area contributed by atoms with Gasteiger partial charge in [-0.05, 0) is 24.7 Å². The average molecular weight is 291 g/mol. The molecule has 1 saturated carbocycles. The summed E-state index contributed by atoms with van der Waals surface area (Å²) < 4.78 is 1.81. The van der Waals surface area contributed by atoms with Crippen LogP contribution in [0.2, 0.25) is 0 Å². The first-order chi connectivity index (χ1) is 10.1. The van der Waals surface area contributed by atoms with Crippen LogP contribution in [0.5, 0.6) is 0 Å². The van der Waals surface area contributed by atoms with Gasteiger partial charge in [0.1, 0.15) is 12.7 Å². The molecule has 3 atom stereocenters. The van der Waals surface area contributed by atoms with Crippen molar-refractivity contribution in [3.05, 3.63) is 12.7 Å². The lowest BCUT2D eigenvalue weighted by Gasteiger charge is -2.25. The zero-order valence-electron chi connectivity index (χ0n) is 12.2. The fourth-order valence-electron chi connectivity index (χ4n) is 3.49. The highest BCUT2D eigenvalue weighted by molar-refractivity contribution is 5.77. The molecule has 114 valence electrons. The van der Waals surface area contributed by atoms with E-state index in [0.717, 1.165) is 19.4 Å². The van der Waals surface area contributed by atoms with Gasteiger partial charge in [0, 0.05) is 39.0 Å². The van der Waals surface area contributed by atoms with Crippen LogP contribution in [-0.2, 0) is 16.1 Å².